The molecule has 2 aromatic carbocycles. The van der Waals surface area contributed by atoms with Gasteiger partial charge in [-0.25, -0.2) is 0 Å². The average Bonchev–Trinajstić information content (AvgIpc) is 3.17. The van der Waals surface area contributed by atoms with E-state index in [0.29, 0.717) is 40.3 Å². The molecule has 148 valence electrons. The molecule has 7 nitrogen and oxygen atoms in total. The zero-order valence-corrected chi connectivity index (χ0v) is 16.5. The summed E-state index contributed by atoms with van der Waals surface area (Å²) >= 11 is 6.07. The molecule has 0 atom stereocenters. The van der Waals surface area contributed by atoms with E-state index in [0.717, 1.165) is 24.1 Å². The number of hydrogen-bond donors (Lipinski definition) is 1. The maximum absolute atomic E-state index is 12.6. The number of carbonyl (C=O) groups excluding carboxylic acids is 1. The first-order chi connectivity index (χ1) is 13.6. The van der Waals surface area contributed by atoms with Gasteiger partial charge in [0.05, 0.1) is 17.8 Å². The number of benzene rings is 2. The van der Waals surface area contributed by atoms with Gasteiger partial charge in [0, 0.05) is 18.7 Å². The summed E-state index contributed by atoms with van der Waals surface area (Å²) in [5.41, 5.74) is 2.64. The third-order valence-electron chi connectivity index (χ3n) is 4.82. The summed E-state index contributed by atoms with van der Waals surface area (Å²) in [6.07, 6.45) is 0.764. The van der Waals surface area contributed by atoms with Gasteiger partial charge in [-0.3, -0.25) is 4.79 Å². The first kappa shape index (κ1) is 18.7. The van der Waals surface area contributed by atoms with Crippen LogP contribution >= 0.6 is 11.6 Å². The number of ether oxygens (including phenoxy) is 4. The first-order valence-electron chi connectivity index (χ1n) is 8.95. The molecular formula is C20H21ClN2O5. The quantitative estimate of drug-likeness (QED) is 0.826. The fourth-order valence-corrected chi connectivity index (χ4v) is 3.71. The highest BCUT2D eigenvalue weighted by Gasteiger charge is 2.33. The van der Waals surface area contributed by atoms with Crippen LogP contribution in [0.25, 0.3) is 0 Å². The Kier molecular flexibility index (Phi) is 5.19. The largest absolute Gasteiger partial charge is 0.492 e. The van der Waals surface area contributed by atoms with Crippen molar-refractivity contribution < 1.29 is 23.7 Å². The zero-order valence-electron chi connectivity index (χ0n) is 15.7. The van der Waals surface area contributed by atoms with Crippen LogP contribution in [-0.4, -0.2) is 44.9 Å². The third kappa shape index (κ3) is 3.43. The molecule has 0 spiro atoms. The number of para-hydroxylation sites is 1. The maximum Gasteiger partial charge on any atom is 0.262 e. The van der Waals surface area contributed by atoms with Crippen molar-refractivity contribution in [3.05, 3.63) is 40.4 Å². The molecule has 2 heterocycles. The van der Waals surface area contributed by atoms with Crippen molar-refractivity contribution in [2.24, 2.45) is 0 Å². The number of nitrogens with one attached hydrogen (secondary N) is 1. The second-order valence-electron chi connectivity index (χ2n) is 6.69. The van der Waals surface area contributed by atoms with Crippen LogP contribution in [0.4, 0.5) is 5.69 Å². The SMILES string of the molecule is COc1c2c(c(NC(=O)COc3ccccc3Cl)c3c1OCO3)CCN(C)C2. The highest BCUT2D eigenvalue weighted by molar-refractivity contribution is 6.32. The molecule has 4 rings (SSSR count). The molecule has 0 aliphatic carbocycles. The molecule has 2 aliphatic heterocycles. The molecule has 0 fully saturated rings. The Labute approximate surface area is 168 Å². The fourth-order valence-electron chi connectivity index (χ4n) is 3.52. The van der Waals surface area contributed by atoms with E-state index in [1.807, 2.05) is 7.05 Å². The fraction of sp³-hybridized carbons (Fsp3) is 0.350. The molecule has 0 aromatic heterocycles. The zero-order chi connectivity index (χ0) is 19.7. The summed E-state index contributed by atoms with van der Waals surface area (Å²) in [5.74, 6) is 1.86. The number of nitrogens with zero attached hydrogens (tertiary/aromatic N) is 1. The van der Waals surface area contributed by atoms with Crippen LogP contribution in [0, 0.1) is 0 Å². The Morgan fingerprint density at radius 2 is 2.04 bits per heavy atom. The van der Waals surface area contributed by atoms with Gasteiger partial charge in [0.2, 0.25) is 12.5 Å². The molecule has 1 N–H and O–H groups in total. The third-order valence-corrected chi connectivity index (χ3v) is 5.13. The summed E-state index contributed by atoms with van der Waals surface area (Å²) in [4.78, 5) is 14.8. The summed E-state index contributed by atoms with van der Waals surface area (Å²) in [7, 11) is 3.66. The Hall–Kier alpha value is -2.64. The van der Waals surface area contributed by atoms with Gasteiger partial charge < -0.3 is 29.2 Å². The average molecular weight is 405 g/mol. The van der Waals surface area contributed by atoms with Crippen molar-refractivity contribution in [1.29, 1.82) is 0 Å². The molecule has 0 saturated heterocycles. The minimum atomic E-state index is -0.302. The van der Waals surface area contributed by atoms with Crippen LogP contribution in [0.1, 0.15) is 11.1 Å². The number of hydrogen-bond acceptors (Lipinski definition) is 6. The molecule has 28 heavy (non-hydrogen) atoms. The van der Waals surface area contributed by atoms with Crippen molar-refractivity contribution in [2.75, 3.05) is 39.4 Å². The molecule has 0 bridgehead atoms. The van der Waals surface area contributed by atoms with Gasteiger partial charge in [-0.2, -0.15) is 0 Å². The smallest absolute Gasteiger partial charge is 0.262 e. The standard InChI is InChI=1S/C20H21ClN2O5/c1-23-8-7-12-13(9-23)18(25-2)20-19(27-11-28-20)17(12)22-16(24)10-26-15-6-4-3-5-14(15)21/h3-6H,7-11H2,1-2H3,(H,22,24). The predicted molar refractivity (Wildman–Crippen MR) is 105 cm³/mol. The van der Waals surface area contributed by atoms with E-state index in [-0.39, 0.29) is 19.3 Å². The van der Waals surface area contributed by atoms with Gasteiger partial charge in [-0.1, -0.05) is 23.7 Å². The maximum atomic E-state index is 12.6. The van der Waals surface area contributed by atoms with Crippen molar-refractivity contribution in [2.45, 2.75) is 13.0 Å². The topological polar surface area (TPSA) is 69.3 Å². The molecule has 8 heteroatoms. The number of fused-ring (bicyclic) bond motifs is 2. The van der Waals surface area contributed by atoms with Crippen LogP contribution in [0.3, 0.4) is 0 Å². The molecule has 1 amide bonds. The monoisotopic (exact) mass is 404 g/mol. The second-order valence-corrected chi connectivity index (χ2v) is 7.09. The van der Waals surface area contributed by atoms with E-state index < -0.39 is 0 Å². The summed E-state index contributed by atoms with van der Waals surface area (Å²) in [6, 6.07) is 7.03. The lowest BCUT2D eigenvalue weighted by Crippen LogP contribution is -2.29. The van der Waals surface area contributed by atoms with E-state index >= 15 is 0 Å². The lowest BCUT2D eigenvalue weighted by atomic mass is 9.95. The van der Waals surface area contributed by atoms with Crippen molar-refractivity contribution >= 4 is 23.2 Å². The Balaban J connectivity index is 1.61. The molecule has 0 unspecified atom stereocenters. The number of rotatable bonds is 5. The Morgan fingerprint density at radius 1 is 1.25 bits per heavy atom. The number of anilines is 1. The minimum absolute atomic E-state index is 0.0867. The van der Waals surface area contributed by atoms with Crippen molar-refractivity contribution in [3.63, 3.8) is 0 Å². The van der Waals surface area contributed by atoms with Crippen LogP contribution in [0.2, 0.25) is 5.02 Å². The lowest BCUT2D eigenvalue weighted by Gasteiger charge is -2.29. The number of amides is 1. The van der Waals surface area contributed by atoms with Gasteiger partial charge in [-0.05, 0) is 31.2 Å². The molecule has 0 radical (unpaired) electrons. The number of methoxy groups -OCH3 is 1. The molecule has 2 aliphatic rings. The van der Waals surface area contributed by atoms with Gasteiger partial charge in [0.25, 0.3) is 5.91 Å². The lowest BCUT2D eigenvalue weighted by molar-refractivity contribution is -0.118. The summed E-state index contributed by atoms with van der Waals surface area (Å²) < 4.78 is 22.4. The number of halogens is 1. The number of carbonyl (C=O) groups is 1. The van der Waals surface area contributed by atoms with Gasteiger partial charge >= 0.3 is 0 Å². The second kappa shape index (κ2) is 7.77. The number of likely N-dealkylation sites (N-methyl/N-ethyl adjacent to an activating group) is 1. The van der Waals surface area contributed by atoms with E-state index in [9.17, 15) is 4.79 Å². The Morgan fingerprint density at radius 3 is 2.82 bits per heavy atom. The molecule has 0 saturated carbocycles. The van der Waals surface area contributed by atoms with E-state index in [1.54, 1.807) is 31.4 Å². The van der Waals surface area contributed by atoms with Crippen molar-refractivity contribution in [3.8, 4) is 23.0 Å². The van der Waals surface area contributed by atoms with Crippen LogP contribution < -0.4 is 24.3 Å². The van der Waals surface area contributed by atoms with Gasteiger partial charge in [-0.15, -0.1) is 0 Å². The van der Waals surface area contributed by atoms with Gasteiger partial charge in [0.1, 0.15) is 5.75 Å². The normalized spacial score (nSPS) is 15.1. The van der Waals surface area contributed by atoms with Crippen molar-refractivity contribution in [1.82, 2.24) is 4.90 Å². The first-order valence-corrected chi connectivity index (χ1v) is 9.33. The van der Waals surface area contributed by atoms with Crippen LogP contribution in [0.15, 0.2) is 24.3 Å². The highest BCUT2D eigenvalue weighted by atomic mass is 35.5. The Bertz CT molecular complexity index is 918. The van der Waals surface area contributed by atoms with Crippen LogP contribution in [0.5, 0.6) is 23.0 Å². The highest BCUT2D eigenvalue weighted by Crippen LogP contribution is 2.52. The molecule has 2 aromatic rings. The van der Waals surface area contributed by atoms with Crippen LogP contribution in [-0.2, 0) is 17.8 Å². The van der Waals surface area contributed by atoms with E-state index in [2.05, 4.69) is 10.2 Å². The van der Waals surface area contributed by atoms with E-state index in [1.165, 1.54) is 0 Å². The van der Waals surface area contributed by atoms with E-state index in [4.69, 9.17) is 30.5 Å². The van der Waals surface area contributed by atoms with Gasteiger partial charge in [0.15, 0.2) is 18.1 Å². The predicted octanol–water partition coefficient (Wildman–Crippen LogP) is 3.08. The molecular weight excluding hydrogens is 384 g/mol. The minimum Gasteiger partial charge on any atom is -0.492 e. The summed E-state index contributed by atoms with van der Waals surface area (Å²) in [5, 5.41) is 3.40. The summed E-state index contributed by atoms with van der Waals surface area (Å²) in [6.45, 7) is 1.49.